The third kappa shape index (κ3) is 3.23. The molecule has 0 radical (unpaired) electrons. The molecular formula is C16H27N3S. The lowest BCUT2D eigenvalue weighted by Crippen LogP contribution is -2.32. The van der Waals surface area contributed by atoms with Gasteiger partial charge in [-0.3, -0.25) is 4.90 Å². The molecule has 1 aliphatic heterocycles. The average molecular weight is 293 g/mol. The second-order valence-electron chi connectivity index (χ2n) is 7.28. The largest absolute Gasteiger partial charge is 0.321 e. The standard InChI is InChI=1S/C16H27N3S/c1-11-6-8-19(9-7-11)10-13-18-14(12-4-5-12)15(20-13)16(2,3)17/h11-12H,4-10,17H2,1-3H3. The van der Waals surface area contributed by atoms with E-state index in [0.29, 0.717) is 5.92 Å². The Morgan fingerprint density at radius 2 is 1.90 bits per heavy atom. The van der Waals surface area contributed by atoms with E-state index in [1.165, 1.54) is 54.4 Å². The Hall–Kier alpha value is -0.450. The molecule has 2 N–H and O–H groups in total. The number of hydrogen-bond acceptors (Lipinski definition) is 4. The van der Waals surface area contributed by atoms with Crippen molar-refractivity contribution in [1.82, 2.24) is 9.88 Å². The Kier molecular flexibility index (Phi) is 3.91. The molecule has 0 bridgehead atoms. The van der Waals surface area contributed by atoms with Crippen LogP contribution in [-0.2, 0) is 12.1 Å². The van der Waals surface area contributed by atoms with Crippen molar-refractivity contribution < 1.29 is 0 Å². The van der Waals surface area contributed by atoms with E-state index in [9.17, 15) is 0 Å². The Bertz CT molecular complexity index is 463. The molecule has 0 amide bonds. The van der Waals surface area contributed by atoms with E-state index in [2.05, 4.69) is 25.7 Å². The molecule has 0 aromatic carbocycles. The van der Waals surface area contributed by atoms with E-state index >= 15 is 0 Å². The van der Waals surface area contributed by atoms with E-state index < -0.39 is 0 Å². The van der Waals surface area contributed by atoms with Crippen LogP contribution >= 0.6 is 11.3 Å². The second kappa shape index (κ2) is 5.39. The molecule has 20 heavy (non-hydrogen) atoms. The molecule has 2 heterocycles. The van der Waals surface area contributed by atoms with Crippen LogP contribution in [0.5, 0.6) is 0 Å². The molecule has 1 aromatic heterocycles. The van der Waals surface area contributed by atoms with Gasteiger partial charge in [-0.1, -0.05) is 6.92 Å². The number of nitrogens with two attached hydrogens (primary N) is 1. The van der Waals surface area contributed by atoms with Crippen molar-refractivity contribution in [1.29, 1.82) is 0 Å². The summed E-state index contributed by atoms with van der Waals surface area (Å²) in [6.45, 7) is 10.0. The topological polar surface area (TPSA) is 42.2 Å². The summed E-state index contributed by atoms with van der Waals surface area (Å²) in [6, 6.07) is 0. The maximum Gasteiger partial charge on any atom is 0.107 e. The van der Waals surface area contributed by atoms with Crippen LogP contribution in [0.25, 0.3) is 0 Å². The summed E-state index contributed by atoms with van der Waals surface area (Å²) in [5.74, 6) is 1.59. The average Bonchev–Trinajstić information content (AvgIpc) is 3.12. The predicted octanol–water partition coefficient (Wildman–Crippen LogP) is 3.45. The minimum Gasteiger partial charge on any atom is -0.321 e. The highest BCUT2D eigenvalue weighted by molar-refractivity contribution is 7.11. The molecule has 1 aromatic rings. The minimum absolute atomic E-state index is 0.246. The highest BCUT2D eigenvalue weighted by Gasteiger charge is 2.34. The highest BCUT2D eigenvalue weighted by atomic mass is 32.1. The van der Waals surface area contributed by atoms with Gasteiger partial charge in [0.15, 0.2) is 0 Å². The molecular weight excluding hydrogens is 266 g/mol. The number of aromatic nitrogens is 1. The van der Waals surface area contributed by atoms with Gasteiger partial charge in [-0.15, -0.1) is 11.3 Å². The number of likely N-dealkylation sites (tertiary alicyclic amines) is 1. The molecule has 4 heteroatoms. The Morgan fingerprint density at radius 3 is 2.45 bits per heavy atom. The third-order valence-corrected chi connectivity index (χ3v) is 5.88. The Labute approximate surface area is 126 Å². The van der Waals surface area contributed by atoms with Crippen LogP contribution in [0.2, 0.25) is 0 Å². The lowest BCUT2D eigenvalue weighted by Gasteiger charge is -2.29. The van der Waals surface area contributed by atoms with Gasteiger partial charge < -0.3 is 5.73 Å². The van der Waals surface area contributed by atoms with Gasteiger partial charge in [0.25, 0.3) is 0 Å². The summed E-state index contributed by atoms with van der Waals surface area (Å²) in [7, 11) is 0. The molecule has 1 saturated heterocycles. The van der Waals surface area contributed by atoms with Crippen molar-refractivity contribution >= 4 is 11.3 Å². The second-order valence-corrected chi connectivity index (χ2v) is 8.36. The van der Waals surface area contributed by atoms with Gasteiger partial charge in [-0.05, 0) is 58.5 Å². The number of rotatable bonds is 4. The molecule has 0 unspecified atom stereocenters. The highest BCUT2D eigenvalue weighted by Crippen LogP contribution is 2.45. The van der Waals surface area contributed by atoms with Crippen LogP contribution in [0, 0.1) is 5.92 Å². The molecule has 0 spiro atoms. The van der Waals surface area contributed by atoms with Crippen LogP contribution in [0.15, 0.2) is 0 Å². The van der Waals surface area contributed by atoms with Crippen LogP contribution < -0.4 is 5.73 Å². The lowest BCUT2D eigenvalue weighted by atomic mass is 9.99. The fraction of sp³-hybridized carbons (Fsp3) is 0.812. The maximum atomic E-state index is 6.34. The minimum atomic E-state index is -0.246. The van der Waals surface area contributed by atoms with Crippen molar-refractivity contribution in [2.45, 2.75) is 64.5 Å². The van der Waals surface area contributed by atoms with Gasteiger partial charge in [0, 0.05) is 16.3 Å². The van der Waals surface area contributed by atoms with Gasteiger partial charge in [0.2, 0.25) is 0 Å². The van der Waals surface area contributed by atoms with E-state index in [1.807, 2.05) is 11.3 Å². The van der Waals surface area contributed by atoms with Crippen LogP contribution in [-0.4, -0.2) is 23.0 Å². The molecule has 1 aliphatic carbocycles. The number of thiazole rings is 1. The summed E-state index contributed by atoms with van der Waals surface area (Å²) in [6.07, 6.45) is 5.26. The first-order chi connectivity index (χ1) is 9.43. The third-order valence-electron chi connectivity index (χ3n) is 4.48. The fourth-order valence-electron chi connectivity index (χ4n) is 2.95. The smallest absolute Gasteiger partial charge is 0.107 e. The van der Waals surface area contributed by atoms with Crippen LogP contribution in [0.3, 0.4) is 0 Å². The zero-order valence-electron chi connectivity index (χ0n) is 13.0. The number of piperidine rings is 1. The lowest BCUT2D eigenvalue weighted by molar-refractivity contribution is 0.185. The van der Waals surface area contributed by atoms with Gasteiger partial charge in [-0.2, -0.15) is 0 Å². The molecule has 0 atom stereocenters. The summed E-state index contributed by atoms with van der Waals surface area (Å²) in [5, 5.41) is 1.27. The Balaban J connectivity index is 1.73. The zero-order valence-corrected chi connectivity index (χ0v) is 13.8. The summed E-state index contributed by atoms with van der Waals surface area (Å²) in [4.78, 5) is 8.83. The SMILES string of the molecule is CC1CCN(Cc2nc(C3CC3)c(C(C)(C)N)s2)CC1. The first kappa shape index (κ1) is 14.5. The normalized spacial score (nSPS) is 22.4. The summed E-state index contributed by atoms with van der Waals surface area (Å²) < 4.78 is 0. The number of nitrogens with zero attached hydrogens (tertiary/aromatic N) is 2. The van der Waals surface area contributed by atoms with Crippen molar-refractivity contribution in [3.63, 3.8) is 0 Å². The van der Waals surface area contributed by atoms with Gasteiger partial charge in [0.1, 0.15) is 5.01 Å². The maximum absolute atomic E-state index is 6.34. The molecule has 2 aliphatic rings. The van der Waals surface area contributed by atoms with Crippen LogP contribution in [0.4, 0.5) is 0 Å². The van der Waals surface area contributed by atoms with E-state index in [1.54, 1.807) is 0 Å². The summed E-state index contributed by atoms with van der Waals surface area (Å²) >= 11 is 1.85. The van der Waals surface area contributed by atoms with Crippen molar-refractivity contribution in [2.75, 3.05) is 13.1 Å². The number of hydrogen-bond donors (Lipinski definition) is 1. The van der Waals surface area contributed by atoms with Gasteiger partial charge in [-0.25, -0.2) is 4.98 Å². The molecule has 1 saturated carbocycles. The monoisotopic (exact) mass is 293 g/mol. The van der Waals surface area contributed by atoms with E-state index in [-0.39, 0.29) is 5.54 Å². The van der Waals surface area contributed by atoms with E-state index in [0.717, 1.165) is 12.5 Å². The fourth-order valence-corrected chi connectivity index (χ4v) is 4.16. The molecule has 2 fully saturated rings. The predicted molar refractivity (Wildman–Crippen MR) is 85.0 cm³/mol. The first-order valence-corrected chi connectivity index (χ1v) is 8.76. The molecule has 3 nitrogen and oxygen atoms in total. The van der Waals surface area contributed by atoms with Crippen LogP contribution in [0.1, 0.15) is 68.0 Å². The van der Waals surface area contributed by atoms with Gasteiger partial charge >= 0.3 is 0 Å². The van der Waals surface area contributed by atoms with Crippen molar-refractivity contribution in [2.24, 2.45) is 11.7 Å². The van der Waals surface area contributed by atoms with E-state index in [4.69, 9.17) is 10.7 Å². The van der Waals surface area contributed by atoms with Gasteiger partial charge in [0.05, 0.1) is 12.2 Å². The molecule has 3 rings (SSSR count). The first-order valence-electron chi connectivity index (χ1n) is 7.95. The van der Waals surface area contributed by atoms with Crippen molar-refractivity contribution in [3.8, 4) is 0 Å². The quantitative estimate of drug-likeness (QED) is 0.924. The molecule has 112 valence electrons. The van der Waals surface area contributed by atoms with Crippen molar-refractivity contribution in [3.05, 3.63) is 15.6 Å². The Morgan fingerprint density at radius 1 is 1.25 bits per heavy atom. The zero-order chi connectivity index (χ0) is 14.3. The summed E-state index contributed by atoms with van der Waals surface area (Å²) in [5.41, 5.74) is 7.41.